The van der Waals surface area contributed by atoms with E-state index in [1.54, 1.807) is 0 Å². The second-order valence-corrected chi connectivity index (χ2v) is 3.00. The molecule has 1 N–H and O–H groups in total. The van der Waals surface area contributed by atoms with Gasteiger partial charge in [-0.15, -0.1) is 0 Å². The van der Waals surface area contributed by atoms with Crippen molar-refractivity contribution in [2.24, 2.45) is 11.8 Å². The molecule has 0 spiro atoms. The SMILES string of the molecule is FC(F)(F)[C@H]1[C@@H]2CCN[C@H]21. The smallest absolute Gasteiger partial charge is 0.313 e. The molecule has 10 heavy (non-hydrogen) atoms. The van der Waals surface area contributed by atoms with Crippen LogP contribution in [0.4, 0.5) is 13.2 Å². The monoisotopic (exact) mass is 151 g/mol. The molecule has 1 heterocycles. The maximum absolute atomic E-state index is 11.9. The van der Waals surface area contributed by atoms with Crippen molar-refractivity contribution in [2.75, 3.05) is 6.54 Å². The molecule has 0 unspecified atom stereocenters. The fourth-order valence-electron chi connectivity index (χ4n) is 1.87. The average Bonchev–Trinajstić information content (AvgIpc) is 2.30. The van der Waals surface area contributed by atoms with E-state index < -0.39 is 12.1 Å². The lowest BCUT2D eigenvalue weighted by Gasteiger charge is -2.07. The Kier molecular flexibility index (Phi) is 1.08. The van der Waals surface area contributed by atoms with Gasteiger partial charge in [0.15, 0.2) is 0 Å². The maximum atomic E-state index is 11.9. The molecule has 0 radical (unpaired) electrons. The molecule has 1 aliphatic heterocycles. The van der Waals surface area contributed by atoms with Gasteiger partial charge < -0.3 is 5.32 Å². The zero-order valence-corrected chi connectivity index (χ0v) is 5.28. The number of halogens is 3. The van der Waals surface area contributed by atoms with Gasteiger partial charge in [-0.2, -0.15) is 13.2 Å². The van der Waals surface area contributed by atoms with Gasteiger partial charge in [0.05, 0.1) is 5.92 Å². The lowest BCUT2D eigenvalue weighted by Crippen LogP contribution is -2.24. The quantitative estimate of drug-likeness (QED) is 0.547. The van der Waals surface area contributed by atoms with Crippen molar-refractivity contribution in [2.45, 2.75) is 18.6 Å². The summed E-state index contributed by atoms with van der Waals surface area (Å²) in [4.78, 5) is 0. The normalized spacial score (nSPS) is 45.3. The van der Waals surface area contributed by atoms with Gasteiger partial charge in [-0.05, 0) is 18.9 Å². The van der Waals surface area contributed by atoms with Crippen LogP contribution in [0, 0.1) is 11.8 Å². The Morgan fingerprint density at radius 3 is 2.30 bits per heavy atom. The summed E-state index contributed by atoms with van der Waals surface area (Å²) in [6, 6.07) is -0.236. The third-order valence-electron chi connectivity index (χ3n) is 2.40. The third kappa shape index (κ3) is 0.746. The van der Waals surface area contributed by atoms with Crippen molar-refractivity contribution in [3.8, 4) is 0 Å². The van der Waals surface area contributed by atoms with E-state index in [1.165, 1.54) is 0 Å². The number of hydrogen-bond acceptors (Lipinski definition) is 1. The molecular weight excluding hydrogens is 143 g/mol. The summed E-state index contributed by atoms with van der Waals surface area (Å²) >= 11 is 0. The fourth-order valence-corrected chi connectivity index (χ4v) is 1.87. The van der Waals surface area contributed by atoms with Crippen LogP contribution in [0.1, 0.15) is 6.42 Å². The summed E-state index contributed by atoms with van der Waals surface area (Å²) in [7, 11) is 0. The van der Waals surface area contributed by atoms with Gasteiger partial charge >= 0.3 is 6.18 Å². The van der Waals surface area contributed by atoms with Crippen LogP contribution >= 0.6 is 0 Å². The lowest BCUT2D eigenvalue weighted by atomic mass is 10.2. The van der Waals surface area contributed by atoms with Crippen LogP contribution in [-0.2, 0) is 0 Å². The summed E-state index contributed by atoms with van der Waals surface area (Å²) in [5, 5.41) is 2.83. The molecule has 0 aromatic carbocycles. The minimum Gasteiger partial charge on any atom is -0.313 e. The molecule has 2 fully saturated rings. The van der Waals surface area contributed by atoms with E-state index in [4.69, 9.17) is 0 Å². The standard InChI is InChI=1S/C6H8F3N/c7-6(8,9)4-3-1-2-10-5(3)4/h3-5,10H,1-2H2/t3-,4-,5+/m0/s1. The van der Waals surface area contributed by atoms with Crippen molar-refractivity contribution in [1.82, 2.24) is 5.32 Å². The van der Waals surface area contributed by atoms with Gasteiger partial charge in [-0.25, -0.2) is 0 Å². The largest absolute Gasteiger partial charge is 0.393 e. The van der Waals surface area contributed by atoms with Crippen LogP contribution in [0.15, 0.2) is 0 Å². The van der Waals surface area contributed by atoms with E-state index in [1.807, 2.05) is 0 Å². The fraction of sp³-hybridized carbons (Fsp3) is 1.00. The molecule has 1 saturated heterocycles. The Hall–Kier alpha value is -0.250. The van der Waals surface area contributed by atoms with Crippen LogP contribution in [0.5, 0.6) is 0 Å². The number of rotatable bonds is 0. The van der Waals surface area contributed by atoms with E-state index in [9.17, 15) is 13.2 Å². The first kappa shape index (κ1) is 6.46. The van der Waals surface area contributed by atoms with Crippen molar-refractivity contribution >= 4 is 0 Å². The predicted molar refractivity (Wildman–Crippen MR) is 29.4 cm³/mol. The average molecular weight is 151 g/mol. The van der Waals surface area contributed by atoms with E-state index in [2.05, 4.69) is 5.32 Å². The molecular formula is C6H8F3N. The van der Waals surface area contributed by atoms with Crippen molar-refractivity contribution in [1.29, 1.82) is 0 Å². The number of nitrogens with one attached hydrogen (secondary N) is 1. The van der Waals surface area contributed by atoms with E-state index in [0.29, 0.717) is 6.42 Å². The molecule has 3 atom stereocenters. The Bertz CT molecular complexity index is 144. The third-order valence-corrected chi connectivity index (χ3v) is 2.40. The van der Waals surface area contributed by atoms with Gasteiger partial charge in [-0.3, -0.25) is 0 Å². The molecule has 0 aromatic heterocycles. The highest BCUT2D eigenvalue weighted by molar-refractivity contribution is 5.10. The molecule has 1 saturated carbocycles. The number of alkyl halides is 3. The van der Waals surface area contributed by atoms with Crippen LogP contribution in [0.25, 0.3) is 0 Å². The molecule has 0 amide bonds. The molecule has 0 aromatic rings. The van der Waals surface area contributed by atoms with Gasteiger partial charge in [0.2, 0.25) is 0 Å². The molecule has 2 rings (SSSR count). The van der Waals surface area contributed by atoms with Crippen LogP contribution in [-0.4, -0.2) is 18.8 Å². The van der Waals surface area contributed by atoms with Gasteiger partial charge in [0, 0.05) is 6.04 Å². The zero-order chi connectivity index (χ0) is 7.35. The second-order valence-electron chi connectivity index (χ2n) is 3.00. The van der Waals surface area contributed by atoms with Crippen LogP contribution in [0.3, 0.4) is 0 Å². The molecule has 0 bridgehead atoms. The minimum atomic E-state index is -3.96. The Labute approximate surface area is 56.6 Å². The summed E-state index contributed by atoms with van der Waals surface area (Å²) in [5.41, 5.74) is 0. The Morgan fingerprint density at radius 1 is 1.30 bits per heavy atom. The first-order valence-corrected chi connectivity index (χ1v) is 3.41. The van der Waals surface area contributed by atoms with Crippen molar-refractivity contribution < 1.29 is 13.2 Å². The molecule has 4 heteroatoms. The molecule has 58 valence electrons. The maximum Gasteiger partial charge on any atom is 0.393 e. The summed E-state index contributed by atoms with van der Waals surface area (Å²) in [5.74, 6) is -1.12. The highest BCUT2D eigenvalue weighted by atomic mass is 19.4. The minimum absolute atomic E-state index is 0.0972. The first-order chi connectivity index (χ1) is 4.61. The van der Waals surface area contributed by atoms with Gasteiger partial charge in [0.1, 0.15) is 0 Å². The number of hydrogen-bond donors (Lipinski definition) is 1. The highest BCUT2D eigenvalue weighted by Gasteiger charge is 2.65. The Balaban J connectivity index is 2.01. The number of fused-ring (bicyclic) bond motifs is 1. The summed E-state index contributed by atoms with van der Waals surface area (Å²) < 4.78 is 35.8. The van der Waals surface area contributed by atoms with E-state index >= 15 is 0 Å². The first-order valence-electron chi connectivity index (χ1n) is 3.41. The highest BCUT2D eigenvalue weighted by Crippen LogP contribution is 2.54. The van der Waals surface area contributed by atoms with Crippen molar-refractivity contribution in [3.63, 3.8) is 0 Å². The lowest BCUT2D eigenvalue weighted by molar-refractivity contribution is -0.153. The van der Waals surface area contributed by atoms with Gasteiger partial charge in [0.25, 0.3) is 0 Å². The van der Waals surface area contributed by atoms with E-state index in [0.717, 1.165) is 6.54 Å². The molecule has 2 aliphatic rings. The summed E-state index contributed by atoms with van der Waals surface area (Å²) in [6.07, 6.45) is -3.25. The second kappa shape index (κ2) is 1.67. The van der Waals surface area contributed by atoms with Gasteiger partial charge in [-0.1, -0.05) is 0 Å². The molecule has 1 aliphatic carbocycles. The van der Waals surface area contributed by atoms with E-state index in [-0.39, 0.29) is 12.0 Å². The van der Waals surface area contributed by atoms with Crippen LogP contribution < -0.4 is 5.32 Å². The predicted octanol–water partition coefficient (Wildman–Crippen LogP) is 1.16. The zero-order valence-electron chi connectivity index (χ0n) is 5.28. The van der Waals surface area contributed by atoms with Crippen molar-refractivity contribution in [3.05, 3.63) is 0 Å². The topological polar surface area (TPSA) is 12.0 Å². The molecule has 1 nitrogen and oxygen atoms in total. The Morgan fingerprint density at radius 2 is 2.00 bits per heavy atom. The van der Waals surface area contributed by atoms with Crippen LogP contribution in [0.2, 0.25) is 0 Å². The summed E-state index contributed by atoms with van der Waals surface area (Å²) in [6.45, 7) is 0.766. The number of piperidine rings is 1.